The Morgan fingerprint density at radius 1 is 0.964 bits per heavy atom. The highest BCUT2D eigenvalue weighted by atomic mass is 16.5. The van der Waals surface area contributed by atoms with Gasteiger partial charge in [0, 0.05) is 38.6 Å². The van der Waals surface area contributed by atoms with Crippen LogP contribution in [-0.4, -0.2) is 58.9 Å². The molecule has 1 atom stereocenters. The van der Waals surface area contributed by atoms with Gasteiger partial charge in [-0.3, -0.25) is 14.6 Å². The minimum atomic E-state index is -0.564. The Labute approximate surface area is 166 Å². The summed E-state index contributed by atoms with van der Waals surface area (Å²) < 4.78 is 5.83. The molecule has 6 nitrogen and oxygen atoms in total. The third-order valence-corrected chi connectivity index (χ3v) is 4.99. The maximum atomic E-state index is 12.7. The molecule has 2 amide bonds. The third-order valence-electron chi connectivity index (χ3n) is 4.99. The molecule has 1 aromatic heterocycles. The van der Waals surface area contributed by atoms with Crippen molar-refractivity contribution in [1.29, 1.82) is 0 Å². The molecule has 1 saturated heterocycles. The van der Waals surface area contributed by atoms with Crippen LogP contribution in [0.1, 0.15) is 42.6 Å². The Morgan fingerprint density at radius 3 is 2.18 bits per heavy atom. The molecule has 0 radical (unpaired) electrons. The number of pyridine rings is 1. The average molecular weight is 381 g/mol. The zero-order valence-corrected chi connectivity index (χ0v) is 16.7. The van der Waals surface area contributed by atoms with Gasteiger partial charge < -0.3 is 14.5 Å². The van der Waals surface area contributed by atoms with Gasteiger partial charge in [-0.15, -0.1) is 0 Å². The second-order valence-corrected chi connectivity index (χ2v) is 7.34. The van der Waals surface area contributed by atoms with Crippen LogP contribution in [-0.2, 0) is 4.79 Å². The molecular formula is C22H27N3O3. The van der Waals surface area contributed by atoms with Crippen molar-refractivity contribution in [1.82, 2.24) is 14.8 Å². The van der Waals surface area contributed by atoms with Crippen molar-refractivity contribution in [2.45, 2.75) is 32.8 Å². The monoisotopic (exact) mass is 381 g/mol. The second-order valence-electron chi connectivity index (χ2n) is 7.34. The lowest BCUT2D eigenvalue weighted by atomic mass is 10.0. The molecule has 0 bridgehead atoms. The van der Waals surface area contributed by atoms with Gasteiger partial charge in [0.1, 0.15) is 5.75 Å². The Bertz CT molecular complexity index is 798. The van der Waals surface area contributed by atoms with Crippen LogP contribution >= 0.6 is 0 Å². The predicted molar refractivity (Wildman–Crippen MR) is 107 cm³/mol. The third kappa shape index (κ3) is 4.68. The van der Waals surface area contributed by atoms with Crippen molar-refractivity contribution >= 4 is 11.8 Å². The van der Waals surface area contributed by atoms with Crippen LogP contribution < -0.4 is 4.74 Å². The summed E-state index contributed by atoms with van der Waals surface area (Å²) in [7, 11) is 0. The normalized spacial score (nSPS) is 15.4. The van der Waals surface area contributed by atoms with Crippen molar-refractivity contribution in [3.63, 3.8) is 0 Å². The van der Waals surface area contributed by atoms with Crippen LogP contribution in [0.4, 0.5) is 0 Å². The molecular weight excluding hydrogens is 354 g/mol. The first-order valence-electron chi connectivity index (χ1n) is 9.70. The molecule has 1 aromatic carbocycles. The number of carbonyl (C=O) groups excluding carboxylic acids is 2. The van der Waals surface area contributed by atoms with Crippen LogP contribution in [0.3, 0.4) is 0 Å². The number of rotatable bonds is 5. The van der Waals surface area contributed by atoms with Gasteiger partial charge >= 0.3 is 0 Å². The molecule has 0 aliphatic carbocycles. The van der Waals surface area contributed by atoms with E-state index in [1.54, 1.807) is 41.2 Å². The van der Waals surface area contributed by atoms with Crippen LogP contribution in [0.15, 0.2) is 48.8 Å². The van der Waals surface area contributed by atoms with Gasteiger partial charge in [0.25, 0.3) is 11.8 Å². The summed E-state index contributed by atoms with van der Waals surface area (Å²) in [4.78, 5) is 32.7. The van der Waals surface area contributed by atoms with Gasteiger partial charge in [-0.05, 0) is 42.7 Å². The lowest BCUT2D eigenvalue weighted by molar-refractivity contribution is -0.139. The van der Waals surface area contributed by atoms with Gasteiger partial charge in [-0.1, -0.05) is 26.0 Å². The number of piperazine rings is 1. The van der Waals surface area contributed by atoms with E-state index >= 15 is 0 Å². The van der Waals surface area contributed by atoms with E-state index < -0.39 is 6.10 Å². The van der Waals surface area contributed by atoms with Crippen LogP contribution in [0.25, 0.3) is 0 Å². The van der Waals surface area contributed by atoms with E-state index in [0.717, 1.165) is 0 Å². The summed E-state index contributed by atoms with van der Waals surface area (Å²) in [5, 5.41) is 0. The van der Waals surface area contributed by atoms with Gasteiger partial charge in [0.15, 0.2) is 6.10 Å². The summed E-state index contributed by atoms with van der Waals surface area (Å²) >= 11 is 0. The first-order valence-corrected chi connectivity index (χ1v) is 9.70. The van der Waals surface area contributed by atoms with E-state index in [1.165, 1.54) is 5.56 Å². The van der Waals surface area contributed by atoms with E-state index in [4.69, 9.17) is 4.74 Å². The predicted octanol–water partition coefficient (Wildman–Crippen LogP) is 2.96. The fourth-order valence-electron chi connectivity index (χ4n) is 3.24. The molecule has 2 heterocycles. The molecule has 148 valence electrons. The van der Waals surface area contributed by atoms with Crippen molar-refractivity contribution in [2.75, 3.05) is 26.2 Å². The summed E-state index contributed by atoms with van der Waals surface area (Å²) in [6.45, 7) is 8.08. The lowest BCUT2D eigenvalue weighted by Gasteiger charge is -2.35. The van der Waals surface area contributed by atoms with Crippen molar-refractivity contribution in [2.24, 2.45) is 0 Å². The molecule has 1 aliphatic heterocycles. The Morgan fingerprint density at radius 2 is 1.61 bits per heavy atom. The quantitative estimate of drug-likeness (QED) is 0.799. The molecule has 0 N–H and O–H groups in total. The molecule has 28 heavy (non-hydrogen) atoms. The van der Waals surface area contributed by atoms with Crippen LogP contribution in [0.5, 0.6) is 5.75 Å². The van der Waals surface area contributed by atoms with Gasteiger partial charge in [0.2, 0.25) is 0 Å². The average Bonchev–Trinajstić information content (AvgIpc) is 2.73. The van der Waals surface area contributed by atoms with Gasteiger partial charge in [-0.2, -0.15) is 0 Å². The van der Waals surface area contributed by atoms with Gasteiger partial charge in [0.05, 0.1) is 5.56 Å². The maximum Gasteiger partial charge on any atom is 0.263 e. The zero-order chi connectivity index (χ0) is 20.1. The summed E-state index contributed by atoms with van der Waals surface area (Å²) in [6, 6.07) is 11.4. The molecule has 0 spiro atoms. The number of amides is 2. The van der Waals surface area contributed by atoms with Crippen molar-refractivity contribution in [3.8, 4) is 5.75 Å². The largest absolute Gasteiger partial charge is 0.481 e. The number of ether oxygens (including phenoxy) is 1. The fourth-order valence-corrected chi connectivity index (χ4v) is 3.24. The fraction of sp³-hybridized carbons (Fsp3) is 0.409. The number of nitrogens with zero attached hydrogens (tertiary/aromatic N) is 3. The molecule has 1 unspecified atom stereocenters. The van der Waals surface area contributed by atoms with Crippen molar-refractivity contribution < 1.29 is 14.3 Å². The topological polar surface area (TPSA) is 62.7 Å². The number of hydrogen-bond donors (Lipinski definition) is 0. The van der Waals surface area contributed by atoms with E-state index in [0.29, 0.717) is 43.4 Å². The number of aromatic nitrogens is 1. The van der Waals surface area contributed by atoms with E-state index in [-0.39, 0.29) is 11.8 Å². The molecule has 0 saturated carbocycles. The smallest absolute Gasteiger partial charge is 0.263 e. The molecule has 6 heteroatoms. The standard InChI is InChI=1S/C22H27N3O3/c1-16(2)18-6-8-20(9-7-18)28-17(3)21(26)24-11-13-25(14-12-24)22(27)19-5-4-10-23-15-19/h4-10,15-17H,11-14H2,1-3H3. The van der Waals surface area contributed by atoms with E-state index in [9.17, 15) is 9.59 Å². The molecule has 3 rings (SSSR count). The van der Waals surface area contributed by atoms with Crippen LogP contribution in [0.2, 0.25) is 0 Å². The highest BCUT2D eigenvalue weighted by Crippen LogP contribution is 2.20. The van der Waals surface area contributed by atoms with E-state index in [2.05, 4.69) is 18.8 Å². The lowest BCUT2D eigenvalue weighted by Crippen LogP contribution is -2.53. The molecule has 2 aromatic rings. The summed E-state index contributed by atoms with van der Waals surface area (Å²) in [6.07, 6.45) is 2.65. The number of benzene rings is 1. The minimum Gasteiger partial charge on any atom is -0.481 e. The number of hydrogen-bond acceptors (Lipinski definition) is 4. The highest BCUT2D eigenvalue weighted by Gasteiger charge is 2.28. The summed E-state index contributed by atoms with van der Waals surface area (Å²) in [5.74, 6) is 1.05. The Hall–Kier alpha value is -2.89. The SMILES string of the molecule is CC(Oc1ccc(C(C)C)cc1)C(=O)N1CCN(C(=O)c2cccnc2)CC1. The molecule has 1 aliphatic rings. The zero-order valence-electron chi connectivity index (χ0n) is 16.7. The molecule has 1 fully saturated rings. The number of carbonyl (C=O) groups is 2. The minimum absolute atomic E-state index is 0.0465. The Kier molecular flexibility index (Phi) is 6.29. The first kappa shape index (κ1) is 19.9. The van der Waals surface area contributed by atoms with Crippen molar-refractivity contribution in [3.05, 3.63) is 59.9 Å². The van der Waals surface area contributed by atoms with Gasteiger partial charge in [-0.25, -0.2) is 0 Å². The summed E-state index contributed by atoms with van der Waals surface area (Å²) in [5.41, 5.74) is 1.81. The first-order chi connectivity index (χ1) is 13.5. The van der Waals surface area contributed by atoms with E-state index in [1.807, 2.05) is 24.3 Å². The van der Waals surface area contributed by atoms with Crippen LogP contribution in [0, 0.1) is 0 Å². The maximum absolute atomic E-state index is 12.7. The highest BCUT2D eigenvalue weighted by molar-refractivity contribution is 5.94. The second kappa shape index (κ2) is 8.87. The Balaban J connectivity index is 1.52.